The van der Waals surface area contributed by atoms with Gasteiger partial charge in [-0.05, 0) is 47.9 Å². The topological polar surface area (TPSA) is 138 Å². The van der Waals surface area contributed by atoms with Gasteiger partial charge in [0.15, 0.2) is 0 Å². The molecule has 2 aliphatic heterocycles. The molecule has 2 aromatic carbocycles. The van der Waals surface area contributed by atoms with Gasteiger partial charge in [0.1, 0.15) is 11.8 Å². The van der Waals surface area contributed by atoms with Crippen molar-refractivity contribution in [2.24, 2.45) is 0 Å². The van der Waals surface area contributed by atoms with Crippen molar-refractivity contribution in [1.29, 1.82) is 0 Å². The smallest absolute Gasteiger partial charge is 0.322 e. The summed E-state index contributed by atoms with van der Waals surface area (Å²) in [6.45, 7) is 0.719. The first-order valence-electron chi connectivity index (χ1n) is 10.1. The summed E-state index contributed by atoms with van der Waals surface area (Å²) < 4.78 is 5.23. The lowest BCUT2D eigenvalue weighted by atomic mass is 10.0. The minimum Gasteiger partial charge on any atom is -0.508 e. The number of imide groups is 1. The number of nitrogens with zero attached hydrogens (tertiary/aromatic N) is 3. The van der Waals surface area contributed by atoms with Crippen LogP contribution >= 0.6 is 0 Å². The molecule has 1 aromatic heterocycles. The van der Waals surface area contributed by atoms with E-state index in [9.17, 15) is 19.5 Å². The molecule has 0 spiro atoms. The van der Waals surface area contributed by atoms with Gasteiger partial charge in [-0.2, -0.15) is 4.98 Å². The summed E-state index contributed by atoms with van der Waals surface area (Å²) >= 11 is 0. The van der Waals surface area contributed by atoms with Gasteiger partial charge >= 0.3 is 6.01 Å². The van der Waals surface area contributed by atoms with E-state index in [-0.39, 0.29) is 30.0 Å². The molecule has 5 rings (SSSR count). The van der Waals surface area contributed by atoms with Gasteiger partial charge in [-0.25, -0.2) is 0 Å². The Morgan fingerprint density at radius 3 is 2.75 bits per heavy atom. The van der Waals surface area contributed by atoms with Crippen molar-refractivity contribution in [1.82, 2.24) is 20.4 Å². The Morgan fingerprint density at radius 2 is 1.97 bits per heavy atom. The van der Waals surface area contributed by atoms with E-state index in [0.717, 1.165) is 11.1 Å². The predicted molar refractivity (Wildman–Crippen MR) is 111 cm³/mol. The zero-order chi connectivity index (χ0) is 22.2. The van der Waals surface area contributed by atoms with E-state index in [1.54, 1.807) is 30.3 Å². The minimum atomic E-state index is -0.633. The number of carbonyl (C=O) groups is 3. The standard InChI is InChI=1S/C22H19N5O5/c28-15-4-2-13(3-5-15)19-25-22(32-26-19)23-10-12-1-6-16-14(9-12)11-27(21(16)31)17-7-8-18(29)24-20(17)30/h1-6,9,17,28H,7-8,10-11H2,(H,23,25,26)(H,24,29,30). The molecule has 32 heavy (non-hydrogen) atoms. The number of piperidine rings is 1. The van der Waals surface area contributed by atoms with Gasteiger partial charge < -0.3 is 19.8 Å². The molecule has 1 saturated heterocycles. The third kappa shape index (κ3) is 3.66. The predicted octanol–water partition coefficient (Wildman–Crippen LogP) is 1.82. The fraction of sp³-hybridized carbons (Fsp3) is 0.227. The van der Waals surface area contributed by atoms with Crippen molar-refractivity contribution in [3.05, 3.63) is 59.2 Å². The van der Waals surface area contributed by atoms with Crippen LogP contribution in [0.4, 0.5) is 6.01 Å². The average Bonchev–Trinajstić information content (AvgIpc) is 3.38. The van der Waals surface area contributed by atoms with E-state index < -0.39 is 11.9 Å². The fourth-order valence-corrected chi connectivity index (χ4v) is 3.94. The van der Waals surface area contributed by atoms with E-state index in [2.05, 4.69) is 20.8 Å². The van der Waals surface area contributed by atoms with Crippen LogP contribution in [-0.2, 0) is 22.7 Å². The van der Waals surface area contributed by atoms with Crippen LogP contribution in [0.3, 0.4) is 0 Å². The van der Waals surface area contributed by atoms with E-state index in [1.165, 1.54) is 4.90 Å². The molecular weight excluding hydrogens is 414 g/mol. The Morgan fingerprint density at radius 1 is 1.16 bits per heavy atom. The van der Waals surface area contributed by atoms with Crippen LogP contribution in [0.15, 0.2) is 47.0 Å². The summed E-state index contributed by atoms with van der Waals surface area (Å²) in [6.07, 6.45) is 0.557. The van der Waals surface area contributed by atoms with Gasteiger partial charge in [0.2, 0.25) is 17.6 Å². The SMILES string of the molecule is O=C1CCC(N2Cc3cc(CNc4nc(-c5ccc(O)cc5)no4)ccc3C2=O)C(=O)N1. The number of carbonyl (C=O) groups excluding carboxylic acids is 3. The van der Waals surface area contributed by atoms with Crippen LogP contribution in [-0.4, -0.2) is 43.9 Å². The Bertz CT molecular complexity index is 1220. The minimum absolute atomic E-state index is 0.154. The number of benzene rings is 2. The molecule has 3 aromatic rings. The lowest BCUT2D eigenvalue weighted by molar-refractivity contribution is -0.136. The normalized spacial score (nSPS) is 17.9. The number of aromatic nitrogens is 2. The van der Waals surface area contributed by atoms with Gasteiger partial charge in [-0.3, -0.25) is 19.7 Å². The van der Waals surface area contributed by atoms with Crippen molar-refractivity contribution in [2.75, 3.05) is 5.32 Å². The second-order valence-electron chi connectivity index (χ2n) is 7.72. The highest BCUT2D eigenvalue weighted by Gasteiger charge is 2.39. The van der Waals surface area contributed by atoms with Crippen LogP contribution in [0.1, 0.15) is 34.3 Å². The van der Waals surface area contributed by atoms with Crippen molar-refractivity contribution < 1.29 is 24.0 Å². The van der Waals surface area contributed by atoms with Crippen LogP contribution in [0.25, 0.3) is 11.4 Å². The lowest BCUT2D eigenvalue weighted by Crippen LogP contribution is -2.52. The number of anilines is 1. The molecule has 10 heteroatoms. The molecule has 0 radical (unpaired) electrons. The monoisotopic (exact) mass is 433 g/mol. The summed E-state index contributed by atoms with van der Waals surface area (Å²) in [7, 11) is 0. The van der Waals surface area contributed by atoms with Gasteiger partial charge in [0, 0.05) is 30.6 Å². The second kappa shape index (κ2) is 7.80. The quantitative estimate of drug-likeness (QED) is 0.518. The number of hydrogen-bond donors (Lipinski definition) is 3. The number of fused-ring (bicyclic) bond motifs is 1. The number of amides is 3. The van der Waals surface area contributed by atoms with Gasteiger partial charge in [0.25, 0.3) is 5.91 Å². The van der Waals surface area contributed by atoms with Crippen LogP contribution in [0.5, 0.6) is 5.75 Å². The molecule has 162 valence electrons. The lowest BCUT2D eigenvalue weighted by Gasteiger charge is -2.29. The Hall–Kier alpha value is -4.21. The van der Waals surface area contributed by atoms with Crippen LogP contribution in [0.2, 0.25) is 0 Å². The summed E-state index contributed by atoms with van der Waals surface area (Å²) in [5.41, 5.74) is 3.01. The highest BCUT2D eigenvalue weighted by atomic mass is 16.5. The molecule has 1 unspecified atom stereocenters. The second-order valence-corrected chi connectivity index (χ2v) is 7.72. The molecule has 0 aliphatic carbocycles. The van der Waals surface area contributed by atoms with Crippen LogP contribution in [0, 0.1) is 0 Å². The fourth-order valence-electron chi connectivity index (χ4n) is 3.94. The number of phenols is 1. The molecular formula is C22H19N5O5. The van der Waals surface area contributed by atoms with Gasteiger partial charge in [0.05, 0.1) is 0 Å². The number of aromatic hydroxyl groups is 1. The molecule has 10 nitrogen and oxygen atoms in total. The molecule has 0 saturated carbocycles. The van der Waals surface area contributed by atoms with Crippen LogP contribution < -0.4 is 10.6 Å². The summed E-state index contributed by atoms with van der Waals surface area (Å²) in [4.78, 5) is 42.1. The number of nitrogens with one attached hydrogen (secondary N) is 2. The summed E-state index contributed by atoms with van der Waals surface area (Å²) in [5.74, 6) is -0.387. The molecule has 3 amide bonds. The van der Waals surface area contributed by atoms with Crippen molar-refractivity contribution >= 4 is 23.7 Å². The Labute approximate surface area is 182 Å². The van der Waals surface area contributed by atoms with Crippen molar-refractivity contribution in [3.8, 4) is 17.1 Å². The molecule has 3 N–H and O–H groups in total. The molecule has 1 atom stereocenters. The average molecular weight is 433 g/mol. The van der Waals surface area contributed by atoms with E-state index in [4.69, 9.17) is 4.52 Å². The van der Waals surface area contributed by atoms with E-state index in [1.807, 2.05) is 12.1 Å². The van der Waals surface area contributed by atoms with E-state index in [0.29, 0.717) is 36.5 Å². The van der Waals surface area contributed by atoms with Gasteiger partial charge in [-0.1, -0.05) is 17.3 Å². The highest BCUT2D eigenvalue weighted by molar-refractivity contribution is 6.05. The first-order valence-corrected chi connectivity index (χ1v) is 10.1. The summed E-state index contributed by atoms with van der Waals surface area (Å²) in [6, 6.07) is 11.6. The third-order valence-corrected chi connectivity index (χ3v) is 5.58. The zero-order valence-electron chi connectivity index (χ0n) is 16.9. The number of phenolic OH excluding ortho intramolecular Hbond substituents is 1. The molecule has 1 fully saturated rings. The first-order chi connectivity index (χ1) is 15.5. The summed E-state index contributed by atoms with van der Waals surface area (Å²) in [5, 5.41) is 18.7. The van der Waals surface area contributed by atoms with Gasteiger partial charge in [-0.15, -0.1) is 0 Å². The maximum atomic E-state index is 12.8. The zero-order valence-corrected chi connectivity index (χ0v) is 16.9. The first kappa shape index (κ1) is 19.7. The molecule has 2 aliphatic rings. The Balaban J connectivity index is 1.25. The molecule has 3 heterocycles. The maximum Gasteiger partial charge on any atom is 0.322 e. The van der Waals surface area contributed by atoms with Crippen molar-refractivity contribution in [2.45, 2.75) is 32.0 Å². The molecule has 0 bridgehead atoms. The highest BCUT2D eigenvalue weighted by Crippen LogP contribution is 2.28. The maximum absolute atomic E-state index is 12.8. The third-order valence-electron chi connectivity index (χ3n) is 5.58. The van der Waals surface area contributed by atoms with Crippen molar-refractivity contribution in [3.63, 3.8) is 0 Å². The number of hydrogen-bond acceptors (Lipinski definition) is 8. The largest absolute Gasteiger partial charge is 0.508 e. The number of rotatable bonds is 5. The van der Waals surface area contributed by atoms with E-state index >= 15 is 0 Å². The Kier molecular flexibility index (Phi) is 4.81.